The van der Waals surface area contributed by atoms with E-state index in [9.17, 15) is 9.50 Å². The highest BCUT2D eigenvalue weighted by molar-refractivity contribution is 5.19. The van der Waals surface area contributed by atoms with Gasteiger partial charge in [0.1, 0.15) is 5.82 Å². The van der Waals surface area contributed by atoms with E-state index in [1.165, 1.54) is 25.0 Å². The summed E-state index contributed by atoms with van der Waals surface area (Å²) in [5, 5.41) is 9.98. The Bertz CT molecular complexity index is 305. The van der Waals surface area contributed by atoms with Crippen molar-refractivity contribution in [2.75, 3.05) is 0 Å². The number of aliphatic hydroxyl groups excluding tert-OH is 1. The molecule has 1 aliphatic carbocycles. The van der Waals surface area contributed by atoms with Crippen LogP contribution in [-0.2, 0) is 0 Å². The zero-order valence-electron chi connectivity index (χ0n) is 8.12. The summed E-state index contributed by atoms with van der Waals surface area (Å²) in [6.45, 7) is 0. The van der Waals surface area contributed by atoms with Crippen LogP contribution >= 0.6 is 0 Å². The van der Waals surface area contributed by atoms with Gasteiger partial charge in [-0.15, -0.1) is 0 Å². The van der Waals surface area contributed by atoms with Crippen LogP contribution in [0.15, 0.2) is 24.3 Å². The van der Waals surface area contributed by atoms with Crippen LogP contribution in [0.2, 0.25) is 0 Å². The van der Waals surface area contributed by atoms with Gasteiger partial charge < -0.3 is 5.11 Å². The van der Waals surface area contributed by atoms with Gasteiger partial charge in [0, 0.05) is 0 Å². The molecule has 1 aromatic rings. The molecule has 76 valence electrons. The second-order valence-corrected chi connectivity index (χ2v) is 4.04. The van der Waals surface area contributed by atoms with E-state index >= 15 is 0 Å². The number of benzene rings is 1. The van der Waals surface area contributed by atoms with Crippen LogP contribution in [0.5, 0.6) is 0 Å². The molecule has 1 N–H and O–H groups in total. The molecule has 14 heavy (non-hydrogen) atoms. The van der Waals surface area contributed by atoms with E-state index in [2.05, 4.69) is 0 Å². The van der Waals surface area contributed by atoms with Crippen LogP contribution in [0, 0.1) is 11.7 Å². The Kier molecular flexibility index (Phi) is 2.82. The standard InChI is InChI=1S/C12H15FO/c13-11-7-3-6-10(8-11)12(14)9-4-1-2-5-9/h3,6-9,12,14H,1-2,4-5H2/t12-/m0/s1. The molecule has 0 aromatic heterocycles. The molecule has 1 atom stereocenters. The van der Waals surface area contributed by atoms with E-state index in [4.69, 9.17) is 0 Å². The molecule has 1 fully saturated rings. The summed E-state index contributed by atoms with van der Waals surface area (Å²) in [5.41, 5.74) is 0.719. The van der Waals surface area contributed by atoms with Gasteiger partial charge in [-0.05, 0) is 36.5 Å². The topological polar surface area (TPSA) is 20.2 Å². The molecular formula is C12H15FO. The number of rotatable bonds is 2. The van der Waals surface area contributed by atoms with Gasteiger partial charge in [0.15, 0.2) is 0 Å². The van der Waals surface area contributed by atoms with Crippen LogP contribution in [-0.4, -0.2) is 5.11 Å². The normalized spacial score (nSPS) is 19.9. The molecule has 1 nitrogen and oxygen atoms in total. The minimum Gasteiger partial charge on any atom is -0.388 e. The predicted octanol–water partition coefficient (Wildman–Crippen LogP) is 3.05. The fraction of sp³-hybridized carbons (Fsp3) is 0.500. The van der Waals surface area contributed by atoms with E-state index in [0.717, 1.165) is 18.4 Å². The second kappa shape index (κ2) is 4.09. The minimum absolute atomic E-state index is 0.264. The van der Waals surface area contributed by atoms with Crippen molar-refractivity contribution in [1.82, 2.24) is 0 Å². The lowest BCUT2D eigenvalue weighted by atomic mass is 9.94. The van der Waals surface area contributed by atoms with Gasteiger partial charge >= 0.3 is 0 Å². The highest BCUT2D eigenvalue weighted by Crippen LogP contribution is 2.35. The summed E-state index contributed by atoms with van der Waals surface area (Å²) in [5.74, 6) is 0.0661. The van der Waals surface area contributed by atoms with Gasteiger partial charge in [0.2, 0.25) is 0 Å². The maximum absolute atomic E-state index is 12.9. The minimum atomic E-state index is -0.479. The Labute approximate surface area is 83.6 Å². The molecule has 1 aromatic carbocycles. The summed E-state index contributed by atoms with van der Waals surface area (Å²) in [6, 6.07) is 6.29. The summed E-state index contributed by atoms with van der Waals surface area (Å²) in [6.07, 6.45) is 4.04. The number of hydrogen-bond donors (Lipinski definition) is 1. The average molecular weight is 194 g/mol. The molecule has 0 unspecified atom stereocenters. The van der Waals surface area contributed by atoms with Crippen molar-refractivity contribution in [3.05, 3.63) is 35.6 Å². The Morgan fingerprint density at radius 2 is 2.00 bits per heavy atom. The van der Waals surface area contributed by atoms with Crippen molar-refractivity contribution in [2.24, 2.45) is 5.92 Å². The molecule has 1 aliphatic rings. The fourth-order valence-electron chi connectivity index (χ4n) is 2.24. The van der Waals surface area contributed by atoms with Crippen LogP contribution in [0.3, 0.4) is 0 Å². The van der Waals surface area contributed by atoms with E-state index in [1.807, 2.05) is 0 Å². The highest BCUT2D eigenvalue weighted by atomic mass is 19.1. The first-order valence-electron chi connectivity index (χ1n) is 5.21. The third kappa shape index (κ3) is 1.95. The summed E-state index contributed by atoms with van der Waals surface area (Å²) in [7, 11) is 0. The van der Waals surface area contributed by atoms with E-state index < -0.39 is 6.10 Å². The lowest BCUT2D eigenvalue weighted by Gasteiger charge is -2.17. The van der Waals surface area contributed by atoms with Gasteiger partial charge in [-0.1, -0.05) is 25.0 Å². The van der Waals surface area contributed by atoms with Gasteiger partial charge in [0.25, 0.3) is 0 Å². The predicted molar refractivity (Wildman–Crippen MR) is 53.3 cm³/mol. The van der Waals surface area contributed by atoms with Crippen LogP contribution in [0.25, 0.3) is 0 Å². The smallest absolute Gasteiger partial charge is 0.123 e. The van der Waals surface area contributed by atoms with Gasteiger partial charge in [0.05, 0.1) is 6.10 Å². The van der Waals surface area contributed by atoms with Gasteiger partial charge in [-0.2, -0.15) is 0 Å². The lowest BCUT2D eigenvalue weighted by Crippen LogP contribution is -2.08. The second-order valence-electron chi connectivity index (χ2n) is 4.04. The molecule has 2 rings (SSSR count). The SMILES string of the molecule is O[C@H](c1cccc(F)c1)C1CCCC1. The summed E-state index contributed by atoms with van der Waals surface area (Å²) in [4.78, 5) is 0. The van der Waals surface area contributed by atoms with Crippen molar-refractivity contribution in [2.45, 2.75) is 31.8 Å². The van der Waals surface area contributed by atoms with Crippen LogP contribution in [0.4, 0.5) is 4.39 Å². The molecule has 0 radical (unpaired) electrons. The van der Waals surface area contributed by atoms with Crippen molar-refractivity contribution in [1.29, 1.82) is 0 Å². The molecule has 2 heteroatoms. The largest absolute Gasteiger partial charge is 0.388 e. The Balaban J connectivity index is 2.13. The molecule has 0 heterocycles. The third-order valence-corrected chi connectivity index (χ3v) is 3.04. The quantitative estimate of drug-likeness (QED) is 0.767. The maximum atomic E-state index is 12.9. The summed E-state index contributed by atoms with van der Waals surface area (Å²) < 4.78 is 12.9. The first-order chi connectivity index (χ1) is 6.77. The van der Waals surface area contributed by atoms with Crippen molar-refractivity contribution < 1.29 is 9.50 Å². The number of hydrogen-bond acceptors (Lipinski definition) is 1. The zero-order valence-corrected chi connectivity index (χ0v) is 8.12. The van der Waals surface area contributed by atoms with E-state index in [-0.39, 0.29) is 5.82 Å². The number of aliphatic hydroxyl groups is 1. The lowest BCUT2D eigenvalue weighted by molar-refractivity contribution is 0.111. The molecule has 0 aliphatic heterocycles. The molecule has 0 spiro atoms. The number of halogens is 1. The van der Waals surface area contributed by atoms with E-state index in [1.54, 1.807) is 12.1 Å². The Hall–Kier alpha value is -0.890. The fourth-order valence-corrected chi connectivity index (χ4v) is 2.24. The average Bonchev–Trinajstić information content (AvgIpc) is 2.69. The molecule has 1 saturated carbocycles. The first kappa shape index (κ1) is 9.66. The van der Waals surface area contributed by atoms with Crippen LogP contribution in [0.1, 0.15) is 37.4 Å². The Morgan fingerprint density at radius 1 is 1.29 bits per heavy atom. The first-order valence-corrected chi connectivity index (χ1v) is 5.21. The Morgan fingerprint density at radius 3 is 2.64 bits per heavy atom. The zero-order chi connectivity index (χ0) is 9.97. The third-order valence-electron chi connectivity index (χ3n) is 3.04. The molecule has 0 saturated heterocycles. The van der Waals surface area contributed by atoms with Crippen LogP contribution < -0.4 is 0 Å². The maximum Gasteiger partial charge on any atom is 0.123 e. The van der Waals surface area contributed by atoms with Crippen molar-refractivity contribution in [3.63, 3.8) is 0 Å². The van der Waals surface area contributed by atoms with Gasteiger partial charge in [-0.25, -0.2) is 4.39 Å². The van der Waals surface area contributed by atoms with Crippen molar-refractivity contribution in [3.8, 4) is 0 Å². The highest BCUT2D eigenvalue weighted by Gasteiger charge is 2.24. The monoisotopic (exact) mass is 194 g/mol. The summed E-state index contributed by atoms with van der Waals surface area (Å²) >= 11 is 0. The molecule has 0 amide bonds. The van der Waals surface area contributed by atoms with E-state index in [0.29, 0.717) is 5.92 Å². The molecule has 0 bridgehead atoms. The molecular weight excluding hydrogens is 179 g/mol. The van der Waals surface area contributed by atoms with Gasteiger partial charge in [-0.3, -0.25) is 0 Å². The van der Waals surface area contributed by atoms with Crippen molar-refractivity contribution >= 4 is 0 Å².